The Kier molecular flexibility index (Phi) is 2.06. The molecule has 0 radical (unpaired) electrons. The standard InChI is InChI=1S/C13H22O/c1-9(2)8-13-6-5-10(7-11(13)14)12(13,3)4/h9-10H,5-8H2,1-4H3. The number of hydrogen-bond donors (Lipinski definition) is 0. The summed E-state index contributed by atoms with van der Waals surface area (Å²) < 4.78 is 0. The van der Waals surface area contributed by atoms with E-state index in [9.17, 15) is 4.79 Å². The molecule has 0 aromatic heterocycles. The Hall–Kier alpha value is -0.330. The first-order valence-electron chi connectivity index (χ1n) is 5.93. The van der Waals surface area contributed by atoms with Crippen molar-refractivity contribution < 1.29 is 4.79 Å². The van der Waals surface area contributed by atoms with E-state index in [-0.39, 0.29) is 10.8 Å². The van der Waals surface area contributed by atoms with Crippen LogP contribution in [0.2, 0.25) is 0 Å². The van der Waals surface area contributed by atoms with Gasteiger partial charge in [-0.05, 0) is 36.5 Å². The summed E-state index contributed by atoms with van der Waals surface area (Å²) in [6.07, 6.45) is 4.40. The van der Waals surface area contributed by atoms with Gasteiger partial charge in [-0.25, -0.2) is 0 Å². The second kappa shape index (κ2) is 2.84. The third kappa shape index (κ3) is 1.04. The van der Waals surface area contributed by atoms with E-state index < -0.39 is 0 Å². The van der Waals surface area contributed by atoms with Gasteiger partial charge >= 0.3 is 0 Å². The van der Waals surface area contributed by atoms with Gasteiger partial charge < -0.3 is 0 Å². The third-order valence-electron chi connectivity index (χ3n) is 4.90. The van der Waals surface area contributed by atoms with E-state index in [1.165, 1.54) is 6.42 Å². The maximum atomic E-state index is 12.1. The molecule has 2 bridgehead atoms. The average Bonchev–Trinajstić information content (AvgIpc) is 2.36. The van der Waals surface area contributed by atoms with Gasteiger partial charge in [0.15, 0.2) is 0 Å². The minimum absolute atomic E-state index is 0.0475. The number of ketones is 1. The van der Waals surface area contributed by atoms with Crippen LogP contribution in [0.4, 0.5) is 0 Å². The van der Waals surface area contributed by atoms with Gasteiger partial charge in [0.05, 0.1) is 0 Å². The fraction of sp³-hybridized carbons (Fsp3) is 0.923. The van der Waals surface area contributed by atoms with E-state index in [0.29, 0.717) is 17.6 Å². The van der Waals surface area contributed by atoms with Crippen LogP contribution < -0.4 is 0 Å². The summed E-state index contributed by atoms with van der Waals surface area (Å²) in [5, 5.41) is 0. The summed E-state index contributed by atoms with van der Waals surface area (Å²) in [4.78, 5) is 12.1. The Balaban J connectivity index is 2.34. The monoisotopic (exact) mass is 194 g/mol. The molecule has 2 rings (SSSR count). The van der Waals surface area contributed by atoms with Crippen molar-refractivity contribution >= 4 is 5.78 Å². The molecule has 1 nitrogen and oxygen atoms in total. The van der Waals surface area contributed by atoms with Crippen molar-refractivity contribution in [3.63, 3.8) is 0 Å². The maximum Gasteiger partial charge on any atom is 0.139 e. The van der Waals surface area contributed by atoms with Crippen molar-refractivity contribution in [2.45, 2.75) is 53.4 Å². The number of carbonyl (C=O) groups is 1. The predicted octanol–water partition coefficient (Wildman–Crippen LogP) is 3.43. The molecule has 2 saturated carbocycles. The van der Waals surface area contributed by atoms with Crippen LogP contribution >= 0.6 is 0 Å². The average molecular weight is 194 g/mol. The molecule has 0 N–H and O–H groups in total. The zero-order valence-corrected chi connectivity index (χ0v) is 9.89. The van der Waals surface area contributed by atoms with E-state index >= 15 is 0 Å². The molecule has 2 unspecified atom stereocenters. The van der Waals surface area contributed by atoms with Crippen molar-refractivity contribution in [2.75, 3.05) is 0 Å². The highest BCUT2D eigenvalue weighted by molar-refractivity contribution is 5.89. The molecule has 0 heterocycles. The summed E-state index contributed by atoms with van der Waals surface area (Å²) in [6.45, 7) is 9.11. The molecular weight excluding hydrogens is 172 g/mol. The first kappa shape index (κ1) is 10.2. The summed E-state index contributed by atoms with van der Waals surface area (Å²) >= 11 is 0. The van der Waals surface area contributed by atoms with Crippen LogP contribution in [0.15, 0.2) is 0 Å². The van der Waals surface area contributed by atoms with Crippen molar-refractivity contribution in [1.82, 2.24) is 0 Å². The minimum Gasteiger partial charge on any atom is -0.299 e. The minimum atomic E-state index is 0.0475. The van der Waals surface area contributed by atoms with Crippen molar-refractivity contribution in [3.8, 4) is 0 Å². The zero-order chi connectivity index (χ0) is 10.6. The number of hydrogen-bond acceptors (Lipinski definition) is 1. The molecule has 0 amide bonds. The van der Waals surface area contributed by atoms with E-state index in [1.54, 1.807) is 0 Å². The van der Waals surface area contributed by atoms with E-state index in [1.807, 2.05) is 0 Å². The molecule has 2 atom stereocenters. The Morgan fingerprint density at radius 1 is 1.43 bits per heavy atom. The molecule has 0 spiro atoms. The van der Waals surface area contributed by atoms with Gasteiger partial charge in [-0.15, -0.1) is 0 Å². The van der Waals surface area contributed by atoms with Crippen molar-refractivity contribution in [2.24, 2.45) is 22.7 Å². The zero-order valence-electron chi connectivity index (χ0n) is 9.89. The second-order valence-corrected chi connectivity index (χ2v) is 6.26. The lowest BCUT2D eigenvalue weighted by Crippen LogP contribution is -2.37. The van der Waals surface area contributed by atoms with Crippen LogP contribution in [0, 0.1) is 22.7 Å². The summed E-state index contributed by atoms with van der Waals surface area (Å²) in [5.41, 5.74) is 0.320. The lowest BCUT2D eigenvalue weighted by molar-refractivity contribution is -0.130. The fourth-order valence-electron chi connectivity index (χ4n) is 3.95. The molecule has 2 aliphatic rings. The molecule has 14 heavy (non-hydrogen) atoms. The van der Waals surface area contributed by atoms with E-state index in [2.05, 4.69) is 27.7 Å². The molecule has 1 heteroatoms. The van der Waals surface area contributed by atoms with Gasteiger partial charge in [0.25, 0.3) is 0 Å². The number of carbonyl (C=O) groups excluding carboxylic acids is 1. The molecule has 0 saturated heterocycles. The van der Waals surface area contributed by atoms with Crippen LogP contribution in [-0.4, -0.2) is 5.78 Å². The molecule has 2 fully saturated rings. The molecule has 0 aromatic rings. The lowest BCUT2D eigenvalue weighted by Gasteiger charge is -2.37. The van der Waals surface area contributed by atoms with Crippen LogP contribution in [0.3, 0.4) is 0 Å². The van der Waals surface area contributed by atoms with Gasteiger partial charge in [-0.3, -0.25) is 4.79 Å². The Morgan fingerprint density at radius 2 is 2.07 bits per heavy atom. The highest BCUT2D eigenvalue weighted by atomic mass is 16.1. The second-order valence-electron chi connectivity index (χ2n) is 6.26. The number of Topliss-reactive ketones (excluding diaryl/α,β-unsaturated/α-hetero) is 1. The summed E-state index contributed by atoms with van der Waals surface area (Å²) in [7, 11) is 0. The maximum absolute atomic E-state index is 12.1. The lowest BCUT2D eigenvalue weighted by atomic mass is 9.65. The fourth-order valence-corrected chi connectivity index (χ4v) is 3.95. The Labute approximate surface area is 87.3 Å². The highest BCUT2D eigenvalue weighted by Crippen LogP contribution is 2.65. The smallest absolute Gasteiger partial charge is 0.139 e. The van der Waals surface area contributed by atoms with Gasteiger partial charge in [-0.2, -0.15) is 0 Å². The van der Waals surface area contributed by atoms with Gasteiger partial charge in [0, 0.05) is 11.8 Å². The molecular formula is C13H22O. The van der Waals surface area contributed by atoms with Crippen molar-refractivity contribution in [1.29, 1.82) is 0 Å². The van der Waals surface area contributed by atoms with Crippen LogP contribution in [-0.2, 0) is 4.79 Å². The van der Waals surface area contributed by atoms with Crippen LogP contribution in [0.25, 0.3) is 0 Å². The first-order chi connectivity index (χ1) is 6.40. The Morgan fingerprint density at radius 3 is 2.43 bits per heavy atom. The number of fused-ring (bicyclic) bond motifs is 2. The largest absolute Gasteiger partial charge is 0.299 e. The van der Waals surface area contributed by atoms with Crippen molar-refractivity contribution in [3.05, 3.63) is 0 Å². The van der Waals surface area contributed by atoms with E-state index in [0.717, 1.165) is 19.3 Å². The normalized spacial score (nSPS) is 39.8. The first-order valence-corrected chi connectivity index (χ1v) is 5.93. The highest BCUT2D eigenvalue weighted by Gasteiger charge is 2.63. The topological polar surface area (TPSA) is 17.1 Å². The predicted molar refractivity (Wildman–Crippen MR) is 58.0 cm³/mol. The molecule has 2 aliphatic carbocycles. The number of rotatable bonds is 2. The quantitative estimate of drug-likeness (QED) is 0.658. The molecule has 0 aromatic carbocycles. The summed E-state index contributed by atoms with van der Waals surface area (Å²) in [6, 6.07) is 0. The molecule has 0 aliphatic heterocycles. The van der Waals surface area contributed by atoms with Gasteiger partial charge in [-0.1, -0.05) is 27.7 Å². The van der Waals surface area contributed by atoms with Crippen LogP contribution in [0.1, 0.15) is 53.4 Å². The SMILES string of the molecule is CC(C)CC12CCC(CC1=O)C2(C)C. The van der Waals surface area contributed by atoms with Gasteiger partial charge in [0.1, 0.15) is 5.78 Å². The third-order valence-corrected chi connectivity index (χ3v) is 4.90. The van der Waals surface area contributed by atoms with E-state index in [4.69, 9.17) is 0 Å². The Bertz CT molecular complexity index is 264. The van der Waals surface area contributed by atoms with Crippen LogP contribution in [0.5, 0.6) is 0 Å². The van der Waals surface area contributed by atoms with Gasteiger partial charge in [0.2, 0.25) is 0 Å². The summed E-state index contributed by atoms with van der Waals surface area (Å²) in [5.74, 6) is 1.89. The molecule has 80 valence electrons.